The van der Waals surface area contributed by atoms with Gasteiger partial charge in [0.25, 0.3) is 10.0 Å². The van der Waals surface area contributed by atoms with Crippen molar-refractivity contribution in [3.63, 3.8) is 0 Å². The highest BCUT2D eigenvalue weighted by atomic mass is 35.5. The molecule has 0 radical (unpaired) electrons. The van der Waals surface area contributed by atoms with E-state index >= 15 is 0 Å². The largest absolute Gasteiger partial charge is 0.353 e. The molecule has 0 spiro atoms. The van der Waals surface area contributed by atoms with Gasteiger partial charge in [-0.1, -0.05) is 61.0 Å². The number of aryl methyl sites for hydroxylation is 1. The maximum absolute atomic E-state index is 14.0. The molecule has 1 atom stereocenters. The van der Waals surface area contributed by atoms with Gasteiger partial charge in [0.05, 0.1) is 22.8 Å². The molecule has 1 aliphatic heterocycles. The molecule has 1 heterocycles. The minimum absolute atomic E-state index is 0.0342. The van der Waals surface area contributed by atoms with Crippen LogP contribution in [0, 0.1) is 6.92 Å². The third kappa shape index (κ3) is 5.04. The van der Waals surface area contributed by atoms with E-state index in [4.69, 9.17) is 23.2 Å². The predicted molar refractivity (Wildman–Crippen MR) is 134 cm³/mol. The first-order chi connectivity index (χ1) is 16.2. The number of carbonyl (C=O) groups is 2. The summed E-state index contributed by atoms with van der Waals surface area (Å²) in [5.41, 5.74) is 0.974. The lowest BCUT2D eigenvalue weighted by molar-refractivity contribution is -0.125. The average Bonchev–Trinajstić information content (AvgIpc) is 3.01. The minimum Gasteiger partial charge on any atom is -0.353 e. The highest BCUT2D eigenvalue weighted by molar-refractivity contribution is 7.93. The number of nitrogens with one attached hydrogen (secondary N) is 2. The highest BCUT2D eigenvalue weighted by Crippen LogP contribution is 2.40. The monoisotopic (exact) mass is 523 g/mol. The van der Waals surface area contributed by atoms with Gasteiger partial charge in [-0.3, -0.25) is 13.9 Å². The molecule has 1 unspecified atom stereocenters. The number of hydrogen-bond donors (Lipinski definition) is 2. The Morgan fingerprint density at radius 1 is 1.12 bits per heavy atom. The Balaban J connectivity index is 1.72. The molecule has 2 amide bonds. The second kappa shape index (κ2) is 10.1. The van der Waals surface area contributed by atoms with Crippen LogP contribution < -0.4 is 14.9 Å². The highest BCUT2D eigenvalue weighted by Gasteiger charge is 2.43. The van der Waals surface area contributed by atoms with Gasteiger partial charge in [0.1, 0.15) is 10.9 Å². The first-order valence-corrected chi connectivity index (χ1v) is 13.6. The van der Waals surface area contributed by atoms with Crippen molar-refractivity contribution in [3.05, 3.63) is 52.0 Å². The van der Waals surface area contributed by atoms with E-state index in [2.05, 4.69) is 10.6 Å². The van der Waals surface area contributed by atoms with Gasteiger partial charge < -0.3 is 10.6 Å². The van der Waals surface area contributed by atoms with Gasteiger partial charge in [-0.15, -0.1) is 0 Å². The van der Waals surface area contributed by atoms with Crippen LogP contribution in [-0.2, 0) is 19.6 Å². The molecule has 2 N–H and O–H groups in total. The van der Waals surface area contributed by atoms with E-state index in [1.54, 1.807) is 31.2 Å². The third-order valence-electron chi connectivity index (χ3n) is 6.30. The van der Waals surface area contributed by atoms with Crippen molar-refractivity contribution in [1.29, 1.82) is 0 Å². The van der Waals surface area contributed by atoms with E-state index in [1.165, 1.54) is 12.1 Å². The van der Waals surface area contributed by atoms with Crippen LogP contribution >= 0.6 is 23.2 Å². The van der Waals surface area contributed by atoms with Crippen LogP contribution in [0.2, 0.25) is 10.0 Å². The molecule has 1 aliphatic carbocycles. The predicted octanol–water partition coefficient (Wildman–Crippen LogP) is 5.05. The molecule has 182 valence electrons. The number of anilines is 2. The number of sulfonamides is 1. The summed E-state index contributed by atoms with van der Waals surface area (Å²) in [6, 6.07) is 8.22. The summed E-state index contributed by atoms with van der Waals surface area (Å²) in [4.78, 5) is 25.9. The number of amides is 2. The second-order valence-corrected chi connectivity index (χ2v) is 11.4. The SMILES string of the molecule is Cc1cc(Cl)cc(Cl)c1S(=O)(=O)N1c2ccccc2NC(=O)C1CC(=O)NC1CCCCCC1. The summed E-state index contributed by atoms with van der Waals surface area (Å²) in [7, 11) is -4.32. The number of halogens is 2. The second-order valence-electron chi connectivity index (χ2n) is 8.82. The average molecular weight is 524 g/mol. The first-order valence-electron chi connectivity index (χ1n) is 11.4. The molecule has 0 aromatic heterocycles. The van der Waals surface area contributed by atoms with Crippen molar-refractivity contribution >= 4 is 56.4 Å². The zero-order chi connectivity index (χ0) is 24.5. The van der Waals surface area contributed by atoms with E-state index in [0.717, 1.165) is 42.8 Å². The summed E-state index contributed by atoms with van der Waals surface area (Å²) in [6.45, 7) is 1.59. The van der Waals surface area contributed by atoms with Crippen molar-refractivity contribution < 1.29 is 18.0 Å². The van der Waals surface area contributed by atoms with Crippen LogP contribution in [0.4, 0.5) is 11.4 Å². The summed E-state index contributed by atoms with van der Waals surface area (Å²) in [5, 5.41) is 6.01. The first kappa shape index (κ1) is 24.8. The smallest absolute Gasteiger partial charge is 0.266 e. The molecule has 4 rings (SSSR count). The summed E-state index contributed by atoms with van der Waals surface area (Å²) in [5.74, 6) is -0.924. The molecule has 10 heteroatoms. The lowest BCUT2D eigenvalue weighted by Crippen LogP contribution is -2.53. The molecule has 2 aromatic rings. The molecule has 2 aliphatic rings. The Kier molecular flexibility index (Phi) is 7.40. The Bertz CT molecular complexity index is 1190. The van der Waals surface area contributed by atoms with E-state index in [-0.39, 0.29) is 34.0 Å². The van der Waals surface area contributed by atoms with E-state index in [0.29, 0.717) is 16.3 Å². The van der Waals surface area contributed by atoms with Crippen LogP contribution in [0.3, 0.4) is 0 Å². The Hall–Kier alpha value is -2.29. The van der Waals surface area contributed by atoms with Gasteiger partial charge in [-0.2, -0.15) is 0 Å². The van der Waals surface area contributed by atoms with Gasteiger partial charge in [0.15, 0.2) is 0 Å². The fraction of sp³-hybridized carbons (Fsp3) is 0.417. The number of hydrogen-bond acceptors (Lipinski definition) is 4. The van der Waals surface area contributed by atoms with Crippen molar-refractivity contribution in [2.45, 2.75) is 68.8 Å². The summed E-state index contributed by atoms with van der Waals surface area (Å²) < 4.78 is 28.9. The number of rotatable bonds is 5. The zero-order valence-electron chi connectivity index (χ0n) is 18.8. The maximum Gasteiger partial charge on any atom is 0.266 e. The Morgan fingerprint density at radius 3 is 2.47 bits per heavy atom. The van der Waals surface area contributed by atoms with Gasteiger partial charge in [0, 0.05) is 11.1 Å². The van der Waals surface area contributed by atoms with Gasteiger partial charge in [-0.05, 0) is 49.6 Å². The van der Waals surface area contributed by atoms with Gasteiger partial charge in [-0.25, -0.2) is 8.42 Å². The molecular formula is C24H27Cl2N3O4S. The molecule has 7 nitrogen and oxygen atoms in total. The number of benzene rings is 2. The van der Waals surface area contributed by atoms with Crippen molar-refractivity contribution in [1.82, 2.24) is 5.32 Å². The zero-order valence-corrected chi connectivity index (χ0v) is 21.1. The molecule has 0 saturated heterocycles. The number of carbonyl (C=O) groups excluding carboxylic acids is 2. The van der Waals surface area contributed by atoms with Gasteiger partial charge >= 0.3 is 0 Å². The molecule has 0 bridgehead atoms. The molecule has 1 fully saturated rings. The van der Waals surface area contributed by atoms with Crippen molar-refractivity contribution in [2.24, 2.45) is 0 Å². The van der Waals surface area contributed by atoms with E-state index in [9.17, 15) is 18.0 Å². The lowest BCUT2D eigenvalue weighted by atomic mass is 10.1. The molecule has 34 heavy (non-hydrogen) atoms. The fourth-order valence-electron chi connectivity index (χ4n) is 4.73. The minimum atomic E-state index is -4.32. The Labute approximate surface area is 209 Å². The third-order valence-corrected chi connectivity index (χ3v) is 8.95. The number of fused-ring (bicyclic) bond motifs is 1. The van der Waals surface area contributed by atoms with Crippen LogP contribution in [0.1, 0.15) is 50.5 Å². The Morgan fingerprint density at radius 2 is 1.79 bits per heavy atom. The van der Waals surface area contributed by atoms with Crippen LogP contribution in [-0.4, -0.2) is 32.3 Å². The van der Waals surface area contributed by atoms with E-state index in [1.807, 2.05) is 0 Å². The fourth-order valence-corrected chi connectivity index (χ4v) is 7.51. The molecule has 1 saturated carbocycles. The molecule has 2 aromatic carbocycles. The maximum atomic E-state index is 14.0. The standard InChI is InChI=1S/C24H27Cl2N3O4S/c1-15-12-16(25)13-18(26)23(15)34(32,33)29-20-11-7-6-10-19(20)28-24(31)21(29)14-22(30)27-17-8-4-2-3-5-9-17/h6-7,10-13,17,21H,2-5,8-9,14H2,1H3,(H,27,30)(H,28,31). The van der Waals surface area contributed by atoms with Crippen LogP contribution in [0.5, 0.6) is 0 Å². The van der Waals surface area contributed by atoms with Crippen LogP contribution in [0.15, 0.2) is 41.3 Å². The quantitative estimate of drug-likeness (QED) is 0.536. The van der Waals surface area contributed by atoms with Crippen LogP contribution in [0.25, 0.3) is 0 Å². The van der Waals surface area contributed by atoms with Crippen molar-refractivity contribution in [3.8, 4) is 0 Å². The normalized spacial score (nSPS) is 19.2. The summed E-state index contributed by atoms with van der Waals surface area (Å²) >= 11 is 12.4. The number of para-hydroxylation sites is 2. The van der Waals surface area contributed by atoms with E-state index < -0.39 is 22.0 Å². The topological polar surface area (TPSA) is 95.6 Å². The lowest BCUT2D eigenvalue weighted by Gasteiger charge is -2.37. The summed E-state index contributed by atoms with van der Waals surface area (Å²) in [6.07, 6.45) is 5.82. The van der Waals surface area contributed by atoms with Gasteiger partial charge in [0.2, 0.25) is 11.8 Å². The molecular weight excluding hydrogens is 497 g/mol. The van der Waals surface area contributed by atoms with Crippen molar-refractivity contribution in [2.75, 3.05) is 9.62 Å². The number of nitrogens with zero attached hydrogens (tertiary/aromatic N) is 1.